The number of oxazole rings is 1. The molecule has 20 heavy (non-hydrogen) atoms. The van der Waals surface area contributed by atoms with E-state index in [9.17, 15) is 4.79 Å². The molecule has 0 saturated carbocycles. The van der Waals surface area contributed by atoms with Gasteiger partial charge in [-0.3, -0.25) is 4.79 Å². The zero-order chi connectivity index (χ0) is 13.9. The van der Waals surface area contributed by atoms with Crippen molar-refractivity contribution in [1.82, 2.24) is 9.88 Å². The second-order valence-electron chi connectivity index (χ2n) is 4.76. The second-order valence-corrected chi connectivity index (χ2v) is 7.03. The van der Waals surface area contributed by atoms with E-state index >= 15 is 0 Å². The van der Waals surface area contributed by atoms with Gasteiger partial charge in [-0.05, 0) is 31.2 Å². The van der Waals surface area contributed by atoms with Crippen LogP contribution in [0.4, 0.5) is 0 Å². The maximum atomic E-state index is 12.6. The third-order valence-corrected chi connectivity index (χ3v) is 5.37. The van der Waals surface area contributed by atoms with Crippen LogP contribution in [0.25, 0.3) is 0 Å². The molecule has 1 fully saturated rings. The van der Waals surface area contributed by atoms with Crippen LogP contribution in [0.2, 0.25) is 0 Å². The van der Waals surface area contributed by atoms with Crippen LogP contribution in [0.3, 0.4) is 0 Å². The van der Waals surface area contributed by atoms with Gasteiger partial charge in [0.2, 0.25) is 5.91 Å². The molecule has 1 aliphatic rings. The van der Waals surface area contributed by atoms with Crippen molar-refractivity contribution in [3.05, 3.63) is 34.8 Å². The van der Waals surface area contributed by atoms with Gasteiger partial charge >= 0.3 is 0 Å². The van der Waals surface area contributed by atoms with Crippen LogP contribution in [0, 0.1) is 0 Å². The van der Waals surface area contributed by atoms with E-state index in [0.29, 0.717) is 5.22 Å². The van der Waals surface area contributed by atoms with Crippen molar-refractivity contribution in [3.8, 4) is 0 Å². The number of thioether (sulfide) groups is 1. The Morgan fingerprint density at radius 1 is 1.65 bits per heavy atom. The van der Waals surface area contributed by atoms with E-state index in [1.807, 2.05) is 17.9 Å². The second kappa shape index (κ2) is 6.01. The normalized spacial score (nSPS) is 20.2. The van der Waals surface area contributed by atoms with Gasteiger partial charge in [-0.1, -0.05) is 17.8 Å². The molecule has 0 spiro atoms. The number of likely N-dealkylation sites (tertiary alicyclic amines) is 1. The number of nitrogens with zero attached hydrogens (tertiary/aromatic N) is 2. The number of carbonyl (C=O) groups excluding carboxylic acids is 1. The van der Waals surface area contributed by atoms with E-state index in [-0.39, 0.29) is 17.2 Å². The molecular weight excluding hydrogens is 292 g/mol. The van der Waals surface area contributed by atoms with E-state index in [1.54, 1.807) is 17.5 Å². The highest BCUT2D eigenvalue weighted by atomic mass is 32.2. The molecule has 2 aromatic rings. The lowest BCUT2D eigenvalue weighted by molar-refractivity contribution is -0.131. The summed E-state index contributed by atoms with van der Waals surface area (Å²) in [6.45, 7) is 2.76. The average Bonchev–Trinajstić information content (AvgIpc) is 3.18. The average molecular weight is 308 g/mol. The van der Waals surface area contributed by atoms with Crippen LogP contribution in [0.5, 0.6) is 0 Å². The maximum absolute atomic E-state index is 12.6. The quantitative estimate of drug-likeness (QED) is 0.810. The number of rotatable bonds is 4. The Balaban J connectivity index is 1.69. The fourth-order valence-corrected chi connectivity index (χ4v) is 4.16. The Morgan fingerprint density at radius 3 is 3.25 bits per heavy atom. The van der Waals surface area contributed by atoms with Gasteiger partial charge in [0, 0.05) is 11.4 Å². The van der Waals surface area contributed by atoms with E-state index in [1.165, 1.54) is 22.9 Å². The van der Waals surface area contributed by atoms with E-state index in [2.05, 4.69) is 16.4 Å². The fraction of sp³-hybridized carbons (Fsp3) is 0.429. The maximum Gasteiger partial charge on any atom is 0.256 e. The van der Waals surface area contributed by atoms with Crippen molar-refractivity contribution in [3.63, 3.8) is 0 Å². The molecular formula is C14H16N2O2S2. The number of amides is 1. The summed E-state index contributed by atoms with van der Waals surface area (Å²) in [7, 11) is 0. The first-order chi connectivity index (χ1) is 9.75. The van der Waals surface area contributed by atoms with E-state index < -0.39 is 0 Å². The van der Waals surface area contributed by atoms with Crippen molar-refractivity contribution in [1.29, 1.82) is 0 Å². The highest BCUT2D eigenvalue weighted by Crippen LogP contribution is 2.36. The van der Waals surface area contributed by atoms with Crippen LogP contribution in [0.15, 0.2) is 39.6 Å². The third-order valence-electron chi connectivity index (χ3n) is 3.44. The monoisotopic (exact) mass is 308 g/mol. The number of thiophene rings is 1. The Labute approximate surface area is 126 Å². The molecule has 106 valence electrons. The summed E-state index contributed by atoms with van der Waals surface area (Å²) in [5.41, 5.74) is 0. The summed E-state index contributed by atoms with van der Waals surface area (Å²) in [6.07, 6.45) is 5.26. The number of carbonyl (C=O) groups is 1. The summed E-state index contributed by atoms with van der Waals surface area (Å²) in [5, 5.41) is 2.45. The van der Waals surface area contributed by atoms with Gasteiger partial charge < -0.3 is 9.32 Å². The van der Waals surface area contributed by atoms with Crippen molar-refractivity contribution in [2.24, 2.45) is 0 Å². The van der Waals surface area contributed by atoms with E-state index in [0.717, 1.165) is 19.4 Å². The van der Waals surface area contributed by atoms with Crippen LogP contribution in [-0.2, 0) is 4.79 Å². The lowest BCUT2D eigenvalue weighted by atomic mass is 10.2. The largest absolute Gasteiger partial charge is 0.440 e. The smallest absolute Gasteiger partial charge is 0.256 e. The predicted molar refractivity (Wildman–Crippen MR) is 79.8 cm³/mol. The first-order valence-corrected chi connectivity index (χ1v) is 8.41. The molecule has 4 nitrogen and oxygen atoms in total. The van der Waals surface area contributed by atoms with Gasteiger partial charge in [-0.2, -0.15) is 0 Å². The Hall–Kier alpha value is -1.27. The number of hydrogen-bond donors (Lipinski definition) is 0. The molecule has 1 aliphatic heterocycles. The molecule has 3 rings (SSSR count). The zero-order valence-electron chi connectivity index (χ0n) is 11.2. The van der Waals surface area contributed by atoms with Crippen LogP contribution in [0.1, 0.15) is 30.7 Å². The Morgan fingerprint density at radius 2 is 2.55 bits per heavy atom. The van der Waals surface area contributed by atoms with Gasteiger partial charge in [0.25, 0.3) is 5.22 Å². The molecule has 1 saturated heterocycles. The molecule has 2 atom stereocenters. The van der Waals surface area contributed by atoms with Gasteiger partial charge in [0.1, 0.15) is 6.26 Å². The highest BCUT2D eigenvalue weighted by Gasteiger charge is 2.33. The minimum Gasteiger partial charge on any atom is -0.440 e. The van der Waals surface area contributed by atoms with Gasteiger partial charge in [-0.25, -0.2) is 4.98 Å². The molecule has 0 aromatic carbocycles. The minimum atomic E-state index is -0.172. The Bertz CT molecular complexity index is 554. The summed E-state index contributed by atoms with van der Waals surface area (Å²) < 4.78 is 5.20. The summed E-state index contributed by atoms with van der Waals surface area (Å²) >= 11 is 3.11. The summed E-state index contributed by atoms with van der Waals surface area (Å²) in [6, 6.07) is 4.41. The van der Waals surface area contributed by atoms with Crippen LogP contribution < -0.4 is 0 Å². The van der Waals surface area contributed by atoms with Crippen molar-refractivity contribution in [2.45, 2.75) is 36.3 Å². The lowest BCUT2D eigenvalue weighted by Gasteiger charge is -2.26. The first kappa shape index (κ1) is 13.7. The molecule has 2 aromatic heterocycles. The molecule has 0 N–H and O–H groups in total. The van der Waals surface area contributed by atoms with Crippen molar-refractivity contribution in [2.75, 3.05) is 6.54 Å². The minimum absolute atomic E-state index is 0.170. The predicted octanol–water partition coefficient (Wildman–Crippen LogP) is 3.58. The van der Waals surface area contributed by atoms with Gasteiger partial charge in [0.05, 0.1) is 17.5 Å². The third kappa shape index (κ3) is 2.76. The highest BCUT2D eigenvalue weighted by molar-refractivity contribution is 8.00. The zero-order valence-corrected chi connectivity index (χ0v) is 12.8. The van der Waals surface area contributed by atoms with Crippen molar-refractivity contribution < 1.29 is 9.21 Å². The summed E-state index contributed by atoms with van der Waals surface area (Å²) in [5.74, 6) is 0.170. The number of hydrogen-bond acceptors (Lipinski definition) is 5. The molecule has 6 heteroatoms. The van der Waals surface area contributed by atoms with Crippen LogP contribution >= 0.6 is 23.1 Å². The summed E-state index contributed by atoms with van der Waals surface area (Å²) in [4.78, 5) is 20.0. The van der Waals surface area contributed by atoms with Gasteiger partial charge in [0.15, 0.2) is 0 Å². The van der Waals surface area contributed by atoms with Gasteiger partial charge in [-0.15, -0.1) is 11.3 Å². The molecule has 0 aliphatic carbocycles. The standard InChI is InChI=1S/C14H16N2O2S2/c1-10(20-14-15-6-8-18-14)13(17)16-7-2-4-11(16)12-5-3-9-19-12/h3,5-6,8-11H,2,4,7H2,1H3/t10-,11-/m1/s1. The molecule has 0 radical (unpaired) electrons. The SMILES string of the molecule is C[C@@H](Sc1ncco1)C(=O)N1CCC[C@@H]1c1cccs1. The topological polar surface area (TPSA) is 46.3 Å². The Kier molecular flexibility index (Phi) is 4.12. The van der Waals surface area contributed by atoms with Crippen molar-refractivity contribution >= 4 is 29.0 Å². The van der Waals surface area contributed by atoms with E-state index in [4.69, 9.17) is 4.42 Å². The molecule has 0 unspecified atom stereocenters. The molecule has 1 amide bonds. The molecule has 3 heterocycles. The van der Waals surface area contributed by atoms with Crippen LogP contribution in [-0.4, -0.2) is 27.6 Å². The fourth-order valence-electron chi connectivity index (χ4n) is 2.51. The molecule has 0 bridgehead atoms. The number of aromatic nitrogens is 1. The lowest BCUT2D eigenvalue weighted by Crippen LogP contribution is -2.35. The first-order valence-electron chi connectivity index (χ1n) is 6.66.